The van der Waals surface area contributed by atoms with Crippen LogP contribution in [0.2, 0.25) is 0 Å². The fraction of sp³-hybridized carbons (Fsp3) is 0.178. The number of nitrogens with zero attached hydrogens (tertiary/aromatic N) is 6. The first-order chi connectivity index (χ1) is 29.1. The van der Waals surface area contributed by atoms with Crippen LogP contribution in [0, 0.1) is 35.6 Å². The van der Waals surface area contributed by atoms with Crippen molar-refractivity contribution in [1.82, 2.24) is 29.3 Å². The van der Waals surface area contributed by atoms with E-state index in [2.05, 4.69) is 51.7 Å². The molecule has 0 radical (unpaired) electrons. The molecule has 2 aliphatic heterocycles. The van der Waals surface area contributed by atoms with Crippen molar-refractivity contribution >= 4 is 34.8 Å². The summed E-state index contributed by atoms with van der Waals surface area (Å²) in [5, 5.41) is 21.1. The molecule has 60 heavy (non-hydrogen) atoms. The highest BCUT2D eigenvalue weighted by molar-refractivity contribution is 5.78. The van der Waals surface area contributed by atoms with Gasteiger partial charge in [-0.15, -0.1) is 0 Å². The fourth-order valence-corrected chi connectivity index (χ4v) is 6.97. The maximum atomic E-state index is 13.6. The van der Waals surface area contributed by atoms with Gasteiger partial charge in [0.1, 0.15) is 52.1 Å². The lowest BCUT2D eigenvalue weighted by molar-refractivity contribution is -0.384. The Hall–Kier alpha value is -7.39. The van der Waals surface area contributed by atoms with Gasteiger partial charge < -0.3 is 29.8 Å². The lowest BCUT2D eigenvalue weighted by Crippen LogP contribution is -2.40. The molecular weight excluding hydrogens is 769 g/mol. The summed E-state index contributed by atoms with van der Waals surface area (Å²) in [6.45, 7) is 7.64. The standard InChI is InChI=1S/C26H22FN5O4.C19H19FN4/c1-17-2-8-20(9-3-17)28-25-24(18-4-6-19(27)7-5-18)29-23-16-30(14-15-31(23)25)26(33)36-22-12-10-21(11-13-22)32(34)35;1-13-2-8-16(9-3-13)22-19-18(14-4-6-15(20)7-5-14)23-17-12-21-10-11-24(17)19/h2-13,28H,14-16H2,1H3;2-9,21-22H,10-12H2,1H3. The lowest BCUT2D eigenvalue weighted by atomic mass is 10.1. The van der Waals surface area contributed by atoms with Gasteiger partial charge in [0.05, 0.1) is 18.0 Å². The van der Waals surface area contributed by atoms with Crippen LogP contribution in [0.25, 0.3) is 22.5 Å². The third-order valence-electron chi connectivity index (χ3n) is 10.2. The van der Waals surface area contributed by atoms with Crippen molar-refractivity contribution in [1.29, 1.82) is 0 Å². The molecule has 4 heterocycles. The second kappa shape index (κ2) is 17.2. The summed E-state index contributed by atoms with van der Waals surface area (Å²) in [5.74, 6) is 3.00. The van der Waals surface area contributed by atoms with Crippen LogP contribution in [-0.4, -0.2) is 48.1 Å². The molecule has 2 aliphatic rings. The molecule has 7 aromatic rings. The number of benzene rings is 5. The summed E-state index contributed by atoms with van der Waals surface area (Å²) in [5.41, 5.74) is 7.33. The van der Waals surface area contributed by atoms with Crippen LogP contribution in [0.3, 0.4) is 0 Å². The smallest absolute Gasteiger partial charge is 0.410 e. The largest absolute Gasteiger partial charge is 0.415 e. The molecule has 0 unspecified atom stereocenters. The van der Waals surface area contributed by atoms with E-state index in [9.17, 15) is 23.7 Å². The minimum atomic E-state index is -0.575. The molecule has 13 nitrogen and oxygen atoms in total. The highest BCUT2D eigenvalue weighted by Crippen LogP contribution is 2.35. The van der Waals surface area contributed by atoms with Gasteiger partial charge in [-0.1, -0.05) is 35.4 Å². The van der Waals surface area contributed by atoms with Crippen molar-refractivity contribution in [2.75, 3.05) is 23.7 Å². The quantitative estimate of drug-likeness (QED) is 0.101. The van der Waals surface area contributed by atoms with Gasteiger partial charge in [0, 0.05) is 60.8 Å². The van der Waals surface area contributed by atoms with Gasteiger partial charge in [-0.05, 0) is 98.8 Å². The van der Waals surface area contributed by atoms with E-state index >= 15 is 0 Å². The maximum Gasteiger partial charge on any atom is 0.415 e. The number of hydrogen-bond acceptors (Lipinski definition) is 9. The molecule has 15 heteroatoms. The number of halogens is 2. The zero-order chi connectivity index (χ0) is 41.8. The zero-order valence-corrected chi connectivity index (χ0v) is 32.9. The van der Waals surface area contributed by atoms with E-state index in [4.69, 9.17) is 14.7 Å². The molecule has 0 spiro atoms. The summed E-state index contributed by atoms with van der Waals surface area (Å²) >= 11 is 0. The molecular formula is C45H41F2N9O4. The van der Waals surface area contributed by atoms with Crippen LogP contribution in [0.15, 0.2) is 121 Å². The monoisotopic (exact) mass is 809 g/mol. The molecule has 3 N–H and O–H groups in total. The fourth-order valence-electron chi connectivity index (χ4n) is 6.97. The Bertz CT molecular complexity index is 2630. The third kappa shape index (κ3) is 8.85. The number of hydrogen-bond donors (Lipinski definition) is 3. The number of nitro benzene ring substituents is 1. The van der Waals surface area contributed by atoms with E-state index in [1.54, 1.807) is 24.3 Å². The summed E-state index contributed by atoms with van der Waals surface area (Å²) < 4.78 is 36.5. The van der Waals surface area contributed by atoms with Crippen LogP contribution >= 0.6 is 0 Å². The number of imidazole rings is 2. The number of fused-ring (bicyclic) bond motifs is 2. The van der Waals surface area contributed by atoms with Gasteiger partial charge in [0.2, 0.25) is 0 Å². The topological polar surface area (TPSA) is 144 Å². The van der Waals surface area contributed by atoms with E-state index in [0.717, 1.165) is 70.9 Å². The molecule has 2 aromatic heterocycles. The number of nitrogens with one attached hydrogen (secondary N) is 3. The van der Waals surface area contributed by atoms with Crippen molar-refractivity contribution in [3.8, 4) is 28.3 Å². The number of anilines is 4. The Morgan fingerprint density at radius 1 is 0.683 bits per heavy atom. The normalized spacial score (nSPS) is 13.0. The average molecular weight is 810 g/mol. The molecule has 0 saturated carbocycles. The minimum absolute atomic E-state index is 0.0864. The third-order valence-corrected chi connectivity index (χ3v) is 10.2. The molecule has 0 atom stereocenters. The molecule has 9 rings (SSSR count). The molecule has 304 valence electrons. The van der Waals surface area contributed by atoms with Crippen molar-refractivity contribution in [3.05, 3.63) is 166 Å². The van der Waals surface area contributed by atoms with E-state index in [1.807, 2.05) is 35.8 Å². The number of nitro groups is 1. The first kappa shape index (κ1) is 39.4. The van der Waals surface area contributed by atoms with Gasteiger partial charge in [0.25, 0.3) is 5.69 Å². The lowest BCUT2D eigenvalue weighted by Gasteiger charge is -2.27. The number of aryl methyl sites for hydroxylation is 2. The predicted molar refractivity (Wildman–Crippen MR) is 225 cm³/mol. The Morgan fingerprint density at radius 3 is 1.70 bits per heavy atom. The zero-order valence-electron chi connectivity index (χ0n) is 32.9. The Labute approximate surface area is 344 Å². The van der Waals surface area contributed by atoms with E-state index in [0.29, 0.717) is 24.6 Å². The molecule has 0 saturated heterocycles. The Morgan fingerprint density at radius 2 is 1.18 bits per heavy atom. The summed E-state index contributed by atoms with van der Waals surface area (Å²) in [6.07, 6.45) is -0.575. The number of amides is 1. The molecule has 0 bridgehead atoms. The molecule has 0 fully saturated rings. The van der Waals surface area contributed by atoms with Crippen molar-refractivity contribution in [2.24, 2.45) is 0 Å². The Kier molecular flexibility index (Phi) is 11.3. The van der Waals surface area contributed by atoms with Gasteiger partial charge >= 0.3 is 6.09 Å². The van der Waals surface area contributed by atoms with Gasteiger partial charge in [-0.3, -0.25) is 15.0 Å². The minimum Gasteiger partial charge on any atom is -0.410 e. The second-order valence-electron chi connectivity index (χ2n) is 14.5. The predicted octanol–water partition coefficient (Wildman–Crippen LogP) is 9.51. The highest BCUT2D eigenvalue weighted by Gasteiger charge is 2.28. The maximum absolute atomic E-state index is 13.6. The highest BCUT2D eigenvalue weighted by atomic mass is 19.1. The number of aromatic nitrogens is 4. The van der Waals surface area contributed by atoms with Gasteiger partial charge in [-0.25, -0.2) is 23.5 Å². The van der Waals surface area contributed by atoms with Crippen LogP contribution in [0.1, 0.15) is 22.8 Å². The molecule has 5 aromatic carbocycles. The van der Waals surface area contributed by atoms with E-state index in [1.165, 1.54) is 59.0 Å². The van der Waals surface area contributed by atoms with Gasteiger partial charge in [-0.2, -0.15) is 0 Å². The summed E-state index contributed by atoms with van der Waals surface area (Å²) in [6, 6.07) is 34.2. The first-order valence-electron chi connectivity index (χ1n) is 19.4. The molecule has 1 amide bonds. The van der Waals surface area contributed by atoms with Crippen molar-refractivity contribution in [3.63, 3.8) is 0 Å². The number of carbonyl (C=O) groups excluding carboxylic acids is 1. The van der Waals surface area contributed by atoms with Crippen molar-refractivity contribution < 1.29 is 23.2 Å². The number of non-ortho nitro benzene ring substituents is 1. The Balaban J connectivity index is 0.000000180. The van der Waals surface area contributed by atoms with E-state index in [-0.39, 0.29) is 29.6 Å². The number of rotatable bonds is 8. The molecule has 0 aliphatic carbocycles. The number of carbonyl (C=O) groups is 1. The summed E-state index contributed by atoms with van der Waals surface area (Å²) in [4.78, 5) is 34.2. The van der Waals surface area contributed by atoms with E-state index < -0.39 is 11.0 Å². The summed E-state index contributed by atoms with van der Waals surface area (Å²) in [7, 11) is 0. The van der Waals surface area contributed by atoms with Crippen LogP contribution < -0.4 is 20.7 Å². The van der Waals surface area contributed by atoms with Crippen molar-refractivity contribution in [2.45, 2.75) is 40.0 Å². The van der Waals surface area contributed by atoms with Crippen LogP contribution in [-0.2, 0) is 26.2 Å². The average Bonchev–Trinajstić information content (AvgIpc) is 3.81. The second-order valence-corrected chi connectivity index (χ2v) is 14.5. The SMILES string of the molecule is Cc1ccc(Nc2c(-c3ccc(F)cc3)nc3n2CCN(C(=O)Oc2ccc([N+](=O)[O-])cc2)C3)cc1.Cc1ccc(Nc2c(-c3ccc(F)cc3)nc3n2CCNC3)cc1. The number of ether oxygens (including phenoxy) is 1. The first-order valence-corrected chi connectivity index (χ1v) is 19.4. The van der Waals surface area contributed by atoms with Gasteiger partial charge in [0.15, 0.2) is 0 Å². The van der Waals surface area contributed by atoms with Crippen LogP contribution in [0.5, 0.6) is 5.75 Å². The van der Waals surface area contributed by atoms with Crippen LogP contribution in [0.4, 0.5) is 42.3 Å².